The minimum absolute atomic E-state index is 0.00674. The SMILES string of the molecule is NC(=O)C(=O)C(CC1CC2(CCCCC2)NC1=O)NC(=O)[C@H](CC1CCCCC1)NC(=O)c1cc2ccccc2[nH]1. The highest BCUT2D eigenvalue weighted by molar-refractivity contribution is 6.38. The standard InChI is InChI=1S/C31H41N5O5/c32-27(38)26(37)23(17-21-18-31(36-28(21)39)13-7-2-8-14-31)34-29(40)24(15-19-9-3-1-4-10-19)35-30(41)25-16-20-11-5-6-12-22(20)33-25/h5-6,11-12,16,19,21,23-24,33H,1-4,7-10,13-15,17-18H2,(H2,32,38)(H,34,40)(H,35,41)(H,36,39)/t21?,23?,24-/m0/s1. The number of nitrogens with one attached hydrogen (secondary N) is 4. The molecule has 6 N–H and O–H groups in total. The quantitative estimate of drug-likeness (QED) is 0.280. The normalized spacial score (nSPS) is 22.1. The molecule has 10 heteroatoms. The number of carbonyl (C=O) groups is 5. The minimum atomic E-state index is -1.24. The number of rotatable bonds is 10. The summed E-state index contributed by atoms with van der Waals surface area (Å²) in [7, 11) is 0. The Morgan fingerprint density at radius 2 is 1.63 bits per heavy atom. The zero-order chi connectivity index (χ0) is 29.0. The van der Waals surface area contributed by atoms with Gasteiger partial charge in [0.25, 0.3) is 11.8 Å². The van der Waals surface area contributed by atoms with Gasteiger partial charge < -0.3 is 26.7 Å². The van der Waals surface area contributed by atoms with E-state index in [0.717, 1.165) is 75.1 Å². The van der Waals surface area contributed by atoms with Crippen molar-refractivity contribution in [3.63, 3.8) is 0 Å². The fourth-order valence-electron chi connectivity index (χ4n) is 7.11. The molecule has 2 aliphatic carbocycles. The lowest BCUT2D eigenvalue weighted by molar-refractivity contribution is -0.139. The molecule has 0 bridgehead atoms. The predicted molar refractivity (Wildman–Crippen MR) is 154 cm³/mol. The lowest BCUT2D eigenvalue weighted by Gasteiger charge is -2.33. The van der Waals surface area contributed by atoms with Crippen LogP contribution in [0, 0.1) is 11.8 Å². The molecule has 2 unspecified atom stereocenters. The number of Topliss-reactive ketones (excluding diaryl/α,β-unsaturated/α-hetero) is 1. The van der Waals surface area contributed by atoms with Gasteiger partial charge in [0, 0.05) is 22.4 Å². The van der Waals surface area contributed by atoms with Crippen molar-refractivity contribution in [1.82, 2.24) is 20.9 Å². The van der Waals surface area contributed by atoms with Crippen molar-refractivity contribution in [3.05, 3.63) is 36.0 Å². The summed E-state index contributed by atoms with van der Waals surface area (Å²) in [4.78, 5) is 67.8. The molecular formula is C31H41N5O5. The van der Waals surface area contributed by atoms with Crippen molar-refractivity contribution in [2.24, 2.45) is 17.6 Å². The van der Waals surface area contributed by atoms with E-state index in [0.29, 0.717) is 18.5 Å². The highest BCUT2D eigenvalue weighted by Gasteiger charge is 2.46. The molecule has 2 heterocycles. The number of hydrogen-bond donors (Lipinski definition) is 5. The molecule has 220 valence electrons. The summed E-state index contributed by atoms with van der Waals surface area (Å²) >= 11 is 0. The Labute approximate surface area is 239 Å². The fourth-order valence-corrected chi connectivity index (χ4v) is 7.11. The molecule has 1 aromatic carbocycles. The van der Waals surface area contributed by atoms with Crippen LogP contribution in [0.15, 0.2) is 30.3 Å². The monoisotopic (exact) mass is 563 g/mol. The van der Waals surface area contributed by atoms with Crippen molar-refractivity contribution in [1.29, 1.82) is 0 Å². The van der Waals surface area contributed by atoms with Crippen LogP contribution in [0.3, 0.4) is 0 Å². The maximum Gasteiger partial charge on any atom is 0.287 e. The number of aromatic amines is 1. The molecule has 2 saturated carbocycles. The number of aromatic nitrogens is 1. The van der Waals surface area contributed by atoms with E-state index >= 15 is 0 Å². The van der Waals surface area contributed by atoms with Gasteiger partial charge in [-0.3, -0.25) is 24.0 Å². The average molecular weight is 564 g/mol. The highest BCUT2D eigenvalue weighted by Crippen LogP contribution is 2.39. The Morgan fingerprint density at radius 3 is 2.34 bits per heavy atom. The molecule has 1 saturated heterocycles. The van der Waals surface area contributed by atoms with E-state index in [4.69, 9.17) is 5.73 Å². The Morgan fingerprint density at radius 1 is 0.927 bits per heavy atom. The zero-order valence-electron chi connectivity index (χ0n) is 23.5. The number of benzene rings is 1. The molecule has 2 aromatic rings. The molecular weight excluding hydrogens is 522 g/mol. The van der Waals surface area contributed by atoms with E-state index in [2.05, 4.69) is 20.9 Å². The highest BCUT2D eigenvalue weighted by atomic mass is 16.2. The van der Waals surface area contributed by atoms with Crippen LogP contribution in [-0.4, -0.2) is 52.0 Å². The van der Waals surface area contributed by atoms with Gasteiger partial charge in [-0.2, -0.15) is 0 Å². The Hall–Kier alpha value is -3.69. The second-order valence-corrected chi connectivity index (χ2v) is 12.3. The van der Waals surface area contributed by atoms with E-state index in [1.165, 1.54) is 0 Å². The number of primary amides is 1. The zero-order valence-corrected chi connectivity index (χ0v) is 23.5. The lowest BCUT2D eigenvalue weighted by atomic mass is 9.78. The molecule has 1 aromatic heterocycles. The molecule has 3 atom stereocenters. The van der Waals surface area contributed by atoms with E-state index in [9.17, 15) is 24.0 Å². The molecule has 41 heavy (non-hydrogen) atoms. The van der Waals surface area contributed by atoms with Crippen LogP contribution < -0.4 is 21.7 Å². The van der Waals surface area contributed by atoms with Crippen LogP contribution in [0.2, 0.25) is 0 Å². The van der Waals surface area contributed by atoms with Crippen molar-refractivity contribution in [3.8, 4) is 0 Å². The van der Waals surface area contributed by atoms with E-state index in [1.54, 1.807) is 6.07 Å². The Kier molecular flexibility index (Phi) is 8.75. The molecule has 1 aliphatic heterocycles. The smallest absolute Gasteiger partial charge is 0.287 e. The second-order valence-electron chi connectivity index (χ2n) is 12.3. The maximum atomic E-state index is 13.7. The third-order valence-electron chi connectivity index (χ3n) is 9.29. The van der Waals surface area contributed by atoms with Gasteiger partial charge in [0.05, 0.1) is 6.04 Å². The molecule has 5 rings (SSSR count). The molecule has 3 fully saturated rings. The summed E-state index contributed by atoms with van der Waals surface area (Å²) in [6, 6.07) is 7.10. The summed E-state index contributed by atoms with van der Waals surface area (Å²) < 4.78 is 0. The van der Waals surface area contributed by atoms with Gasteiger partial charge in [-0.1, -0.05) is 69.6 Å². The van der Waals surface area contributed by atoms with Gasteiger partial charge in [0.2, 0.25) is 17.6 Å². The van der Waals surface area contributed by atoms with Crippen LogP contribution in [0.1, 0.15) is 94.0 Å². The van der Waals surface area contributed by atoms with E-state index in [-0.39, 0.29) is 23.8 Å². The average Bonchev–Trinajstić information content (AvgIpc) is 3.53. The Bertz CT molecular complexity index is 1270. The molecule has 1 spiro atoms. The summed E-state index contributed by atoms with van der Waals surface area (Å²) in [6.07, 6.45) is 11.1. The summed E-state index contributed by atoms with van der Waals surface area (Å²) in [5, 5.41) is 9.61. The van der Waals surface area contributed by atoms with Crippen molar-refractivity contribution >= 4 is 40.3 Å². The van der Waals surface area contributed by atoms with E-state index in [1.807, 2.05) is 24.3 Å². The topological polar surface area (TPSA) is 163 Å². The number of hydrogen-bond acceptors (Lipinski definition) is 5. The summed E-state index contributed by atoms with van der Waals surface area (Å²) in [5.74, 6) is -3.50. The number of ketones is 1. The van der Waals surface area contributed by atoms with Crippen LogP contribution in [0.5, 0.6) is 0 Å². The predicted octanol–water partition coefficient (Wildman–Crippen LogP) is 3.00. The van der Waals surface area contributed by atoms with Crippen molar-refractivity contribution < 1.29 is 24.0 Å². The van der Waals surface area contributed by atoms with Crippen LogP contribution in [0.25, 0.3) is 10.9 Å². The largest absolute Gasteiger partial charge is 0.363 e. The van der Waals surface area contributed by atoms with Crippen molar-refractivity contribution in [2.75, 3.05) is 0 Å². The van der Waals surface area contributed by atoms with Gasteiger partial charge in [-0.25, -0.2) is 0 Å². The minimum Gasteiger partial charge on any atom is -0.363 e. The number of carbonyl (C=O) groups excluding carboxylic acids is 5. The molecule has 10 nitrogen and oxygen atoms in total. The van der Waals surface area contributed by atoms with Crippen LogP contribution in [-0.2, 0) is 19.2 Å². The number of fused-ring (bicyclic) bond motifs is 1. The first-order valence-corrected chi connectivity index (χ1v) is 15.1. The fraction of sp³-hybridized carbons (Fsp3) is 0.581. The first-order valence-electron chi connectivity index (χ1n) is 15.1. The number of H-pyrrole nitrogens is 1. The second kappa shape index (κ2) is 12.4. The van der Waals surface area contributed by atoms with Crippen LogP contribution >= 0.6 is 0 Å². The molecule has 3 aliphatic rings. The van der Waals surface area contributed by atoms with Crippen LogP contribution in [0.4, 0.5) is 0 Å². The Balaban J connectivity index is 1.32. The third kappa shape index (κ3) is 6.80. The first-order chi connectivity index (χ1) is 19.7. The van der Waals surface area contributed by atoms with Gasteiger partial charge >= 0.3 is 0 Å². The summed E-state index contributed by atoms with van der Waals surface area (Å²) in [5.41, 5.74) is 6.23. The van der Waals surface area contributed by atoms with Gasteiger partial charge in [-0.15, -0.1) is 0 Å². The molecule has 4 amide bonds. The van der Waals surface area contributed by atoms with E-state index < -0.39 is 41.5 Å². The summed E-state index contributed by atoms with van der Waals surface area (Å²) in [6.45, 7) is 0. The van der Waals surface area contributed by atoms with Gasteiger partial charge in [-0.05, 0) is 50.2 Å². The lowest BCUT2D eigenvalue weighted by Crippen LogP contribution is -2.54. The molecule has 0 radical (unpaired) electrons. The number of para-hydroxylation sites is 1. The van der Waals surface area contributed by atoms with Crippen molar-refractivity contribution in [2.45, 2.75) is 101 Å². The van der Waals surface area contributed by atoms with Gasteiger partial charge in [0.15, 0.2) is 0 Å². The van der Waals surface area contributed by atoms with Gasteiger partial charge in [0.1, 0.15) is 11.7 Å². The first kappa shape index (κ1) is 28.8. The number of amides is 4. The maximum absolute atomic E-state index is 13.7. The third-order valence-corrected chi connectivity index (χ3v) is 9.29. The number of nitrogens with two attached hydrogens (primary N) is 1.